The van der Waals surface area contributed by atoms with Crippen LogP contribution in [0.25, 0.3) is 0 Å². The maximum atomic E-state index is 12.3. The van der Waals surface area contributed by atoms with E-state index in [4.69, 9.17) is 0 Å². The maximum Gasteiger partial charge on any atom is 0.241 e. The molecular weight excluding hydrogens is 406 g/mol. The highest BCUT2D eigenvalue weighted by Gasteiger charge is 2.19. The van der Waals surface area contributed by atoms with Crippen LogP contribution in [0.5, 0.6) is 0 Å². The van der Waals surface area contributed by atoms with Gasteiger partial charge in [-0.15, -0.1) is 0 Å². The molecule has 3 nitrogen and oxygen atoms in total. The van der Waals surface area contributed by atoms with E-state index in [-0.39, 0.29) is 4.90 Å². The van der Waals surface area contributed by atoms with Gasteiger partial charge in [-0.05, 0) is 46.5 Å². The Balaban J connectivity index is 2.76. The molecule has 0 aromatic heterocycles. The minimum atomic E-state index is -3.47. The van der Waals surface area contributed by atoms with E-state index in [1.165, 1.54) is 0 Å². The van der Waals surface area contributed by atoms with Crippen LogP contribution in [0.2, 0.25) is 0 Å². The van der Waals surface area contributed by atoms with E-state index in [1.54, 1.807) is 18.2 Å². The van der Waals surface area contributed by atoms with Gasteiger partial charge >= 0.3 is 0 Å². The summed E-state index contributed by atoms with van der Waals surface area (Å²) in [4.78, 5) is 0.275. The summed E-state index contributed by atoms with van der Waals surface area (Å²) in [7, 11) is -3.47. The fourth-order valence-electron chi connectivity index (χ4n) is 1.93. The molecule has 0 bridgehead atoms. The monoisotopic (exact) mass is 425 g/mol. The molecule has 1 aromatic rings. The lowest BCUT2D eigenvalue weighted by Gasteiger charge is -2.16. The fourth-order valence-corrected chi connectivity index (χ4v) is 4.55. The van der Waals surface area contributed by atoms with Gasteiger partial charge in [0, 0.05) is 15.5 Å². The Morgan fingerprint density at radius 1 is 1.25 bits per heavy atom. The number of benzene rings is 1. The third-order valence-electron chi connectivity index (χ3n) is 3.29. The predicted octanol–water partition coefficient (Wildman–Crippen LogP) is 4.71. The van der Waals surface area contributed by atoms with Crippen LogP contribution in [0, 0.1) is 5.92 Å². The highest BCUT2D eigenvalue weighted by atomic mass is 79.9. The van der Waals surface area contributed by atoms with Crippen LogP contribution in [-0.4, -0.2) is 15.0 Å². The Bertz CT molecular complexity index is 532. The Hall–Kier alpha value is 0.0900. The molecule has 0 aliphatic rings. The zero-order chi connectivity index (χ0) is 15.2. The first-order chi connectivity index (χ1) is 9.40. The van der Waals surface area contributed by atoms with Crippen molar-refractivity contribution >= 4 is 41.9 Å². The van der Waals surface area contributed by atoms with E-state index in [9.17, 15) is 8.42 Å². The van der Waals surface area contributed by atoms with Crippen LogP contribution in [0.3, 0.4) is 0 Å². The average molecular weight is 427 g/mol. The topological polar surface area (TPSA) is 46.2 Å². The van der Waals surface area contributed by atoms with Gasteiger partial charge in [0.05, 0.1) is 4.90 Å². The molecule has 6 heteroatoms. The second-order valence-electron chi connectivity index (χ2n) is 4.84. The number of unbranched alkanes of at least 4 members (excludes halogenated alkanes) is 1. The molecule has 0 heterocycles. The van der Waals surface area contributed by atoms with E-state index in [0.717, 1.165) is 30.2 Å². The molecule has 0 amide bonds. The third-order valence-corrected chi connectivity index (χ3v) is 6.20. The van der Waals surface area contributed by atoms with Crippen LogP contribution in [0.4, 0.5) is 0 Å². The van der Waals surface area contributed by atoms with Gasteiger partial charge in [0.15, 0.2) is 0 Å². The van der Waals surface area contributed by atoms with Crippen molar-refractivity contribution in [1.29, 1.82) is 0 Å². The summed E-state index contributed by atoms with van der Waals surface area (Å²) in [5, 5.41) is 0. The molecule has 0 saturated heterocycles. The first-order valence-electron chi connectivity index (χ1n) is 6.85. The van der Waals surface area contributed by atoms with Crippen molar-refractivity contribution in [2.75, 3.05) is 6.54 Å². The molecule has 0 spiro atoms. The number of halogens is 2. The molecule has 0 radical (unpaired) electrons. The molecule has 1 aromatic carbocycles. The lowest BCUT2D eigenvalue weighted by molar-refractivity contribution is 0.443. The zero-order valence-corrected chi connectivity index (χ0v) is 15.8. The van der Waals surface area contributed by atoms with E-state index < -0.39 is 10.0 Å². The maximum absolute atomic E-state index is 12.3. The lowest BCUT2D eigenvalue weighted by Crippen LogP contribution is -2.29. The van der Waals surface area contributed by atoms with Gasteiger partial charge in [0.2, 0.25) is 10.0 Å². The molecule has 0 aliphatic carbocycles. The molecule has 1 N–H and O–H groups in total. The van der Waals surface area contributed by atoms with Crippen LogP contribution >= 0.6 is 31.9 Å². The van der Waals surface area contributed by atoms with Crippen molar-refractivity contribution in [2.24, 2.45) is 5.92 Å². The van der Waals surface area contributed by atoms with Crippen molar-refractivity contribution in [3.63, 3.8) is 0 Å². The van der Waals surface area contributed by atoms with Gasteiger partial charge in [-0.1, -0.05) is 49.0 Å². The number of hydrogen-bond acceptors (Lipinski definition) is 2. The summed E-state index contributed by atoms with van der Waals surface area (Å²) in [6.07, 6.45) is 4.33. The van der Waals surface area contributed by atoms with Crippen LogP contribution in [0.1, 0.15) is 39.5 Å². The molecule has 1 unspecified atom stereocenters. The fraction of sp³-hybridized carbons (Fsp3) is 0.571. The second kappa shape index (κ2) is 8.51. The summed E-state index contributed by atoms with van der Waals surface area (Å²) in [5.41, 5.74) is 0. The summed E-state index contributed by atoms with van der Waals surface area (Å²) in [6.45, 7) is 4.75. The van der Waals surface area contributed by atoms with Gasteiger partial charge in [-0.3, -0.25) is 0 Å². The third kappa shape index (κ3) is 5.47. The first-order valence-corrected chi connectivity index (χ1v) is 9.92. The van der Waals surface area contributed by atoms with Gasteiger partial charge in [-0.2, -0.15) is 0 Å². The van der Waals surface area contributed by atoms with Gasteiger partial charge in [-0.25, -0.2) is 13.1 Å². The number of nitrogens with one attached hydrogen (secondary N) is 1. The summed E-state index contributed by atoms with van der Waals surface area (Å²) < 4.78 is 28.7. The minimum Gasteiger partial charge on any atom is -0.211 e. The Labute approximate surface area is 138 Å². The average Bonchev–Trinajstić information content (AvgIpc) is 2.41. The van der Waals surface area contributed by atoms with Gasteiger partial charge in [0.1, 0.15) is 0 Å². The van der Waals surface area contributed by atoms with Gasteiger partial charge in [0.25, 0.3) is 0 Å². The van der Waals surface area contributed by atoms with Crippen LogP contribution in [0.15, 0.2) is 32.0 Å². The van der Waals surface area contributed by atoms with Crippen molar-refractivity contribution in [1.82, 2.24) is 4.72 Å². The second-order valence-corrected chi connectivity index (χ2v) is 8.35. The van der Waals surface area contributed by atoms with Crippen molar-refractivity contribution in [3.8, 4) is 0 Å². The van der Waals surface area contributed by atoms with E-state index in [1.807, 2.05) is 0 Å². The van der Waals surface area contributed by atoms with Crippen molar-refractivity contribution < 1.29 is 8.42 Å². The number of sulfonamides is 1. The molecule has 0 fully saturated rings. The van der Waals surface area contributed by atoms with E-state index in [2.05, 4.69) is 50.4 Å². The highest BCUT2D eigenvalue weighted by molar-refractivity contribution is 9.11. The number of rotatable bonds is 8. The molecule has 0 aliphatic heterocycles. The zero-order valence-electron chi connectivity index (χ0n) is 11.8. The predicted molar refractivity (Wildman–Crippen MR) is 90.3 cm³/mol. The summed E-state index contributed by atoms with van der Waals surface area (Å²) in [5.74, 6) is 0.399. The molecule has 0 saturated carbocycles. The normalized spacial score (nSPS) is 13.4. The quantitative estimate of drug-likeness (QED) is 0.654. The van der Waals surface area contributed by atoms with Gasteiger partial charge < -0.3 is 0 Å². The Morgan fingerprint density at radius 3 is 2.55 bits per heavy atom. The Kier molecular flexibility index (Phi) is 7.72. The molecule has 1 atom stereocenters. The van der Waals surface area contributed by atoms with E-state index >= 15 is 0 Å². The minimum absolute atomic E-state index is 0.275. The van der Waals surface area contributed by atoms with Crippen molar-refractivity contribution in [2.45, 2.75) is 44.4 Å². The smallest absolute Gasteiger partial charge is 0.211 e. The van der Waals surface area contributed by atoms with Crippen LogP contribution in [-0.2, 0) is 10.0 Å². The SMILES string of the molecule is CCCCC(CC)CNS(=O)(=O)c1cc(Br)ccc1Br. The largest absolute Gasteiger partial charge is 0.241 e. The molecule has 114 valence electrons. The van der Waals surface area contributed by atoms with Crippen LogP contribution < -0.4 is 4.72 Å². The Morgan fingerprint density at radius 2 is 1.95 bits per heavy atom. The summed E-state index contributed by atoms with van der Waals surface area (Å²) in [6, 6.07) is 5.14. The van der Waals surface area contributed by atoms with E-state index in [0.29, 0.717) is 16.9 Å². The van der Waals surface area contributed by atoms with Crippen molar-refractivity contribution in [3.05, 3.63) is 27.1 Å². The highest BCUT2D eigenvalue weighted by Crippen LogP contribution is 2.25. The number of hydrogen-bond donors (Lipinski definition) is 1. The molecular formula is C14H21Br2NO2S. The first kappa shape index (κ1) is 18.1. The molecule has 20 heavy (non-hydrogen) atoms. The summed E-state index contributed by atoms with van der Waals surface area (Å²) >= 11 is 6.60. The standard InChI is InChI=1S/C14H21Br2NO2S/c1-3-5-6-11(4-2)10-17-20(18,19)14-9-12(15)7-8-13(14)16/h7-9,11,17H,3-6,10H2,1-2H3. The lowest BCUT2D eigenvalue weighted by atomic mass is 10.00. The molecule has 1 rings (SSSR count).